The van der Waals surface area contributed by atoms with Crippen LogP contribution in [0.1, 0.15) is 24.2 Å². The number of carbonyl (C=O) groups is 1. The van der Waals surface area contributed by atoms with Crippen LogP contribution in [0.4, 0.5) is 5.69 Å². The lowest BCUT2D eigenvalue weighted by Crippen LogP contribution is -2.21. The summed E-state index contributed by atoms with van der Waals surface area (Å²) in [6.07, 6.45) is 2.45. The predicted molar refractivity (Wildman–Crippen MR) is 142 cm³/mol. The zero-order valence-corrected chi connectivity index (χ0v) is 20.9. The van der Waals surface area contributed by atoms with Crippen LogP contribution in [0.2, 0.25) is 0 Å². The molecule has 1 aliphatic heterocycles. The molecular formula is C28H29N5O2S. The fourth-order valence-corrected chi connectivity index (χ4v) is 4.95. The minimum absolute atomic E-state index is 0.0957. The molecule has 184 valence electrons. The molecule has 1 saturated heterocycles. The third-order valence-corrected chi connectivity index (χ3v) is 6.93. The highest BCUT2D eigenvalue weighted by Gasteiger charge is 2.20. The molecule has 0 unspecified atom stereocenters. The van der Waals surface area contributed by atoms with Crippen LogP contribution < -0.4 is 10.1 Å². The molecule has 1 fully saturated rings. The molecule has 0 spiro atoms. The second-order valence-corrected chi connectivity index (χ2v) is 9.63. The average molecular weight is 500 g/mol. The van der Waals surface area contributed by atoms with Crippen LogP contribution in [0.3, 0.4) is 0 Å². The molecule has 0 aliphatic carbocycles. The van der Waals surface area contributed by atoms with Gasteiger partial charge >= 0.3 is 0 Å². The summed E-state index contributed by atoms with van der Waals surface area (Å²) in [5.74, 6) is 1.80. The third-order valence-electron chi connectivity index (χ3n) is 6.00. The molecule has 3 aromatic carbocycles. The lowest BCUT2D eigenvalue weighted by atomic mass is 10.2. The summed E-state index contributed by atoms with van der Waals surface area (Å²) in [4.78, 5) is 15.1. The van der Waals surface area contributed by atoms with Crippen LogP contribution in [0.15, 0.2) is 90.1 Å². The smallest absolute Gasteiger partial charge is 0.234 e. The van der Waals surface area contributed by atoms with Crippen molar-refractivity contribution >= 4 is 23.4 Å². The van der Waals surface area contributed by atoms with Gasteiger partial charge in [0.1, 0.15) is 12.4 Å². The molecule has 0 bridgehead atoms. The van der Waals surface area contributed by atoms with E-state index >= 15 is 0 Å². The molecule has 0 radical (unpaired) electrons. The number of carbonyl (C=O) groups excluding carboxylic acids is 1. The van der Waals surface area contributed by atoms with Gasteiger partial charge in [0.25, 0.3) is 0 Å². The van der Waals surface area contributed by atoms with Gasteiger partial charge in [-0.05, 0) is 67.9 Å². The monoisotopic (exact) mass is 499 g/mol. The molecule has 1 amide bonds. The predicted octanol–water partition coefficient (Wildman–Crippen LogP) is 5.17. The van der Waals surface area contributed by atoms with Gasteiger partial charge in [-0.1, -0.05) is 60.3 Å². The number of anilines is 1. The molecule has 0 saturated carbocycles. The van der Waals surface area contributed by atoms with Crippen LogP contribution in [0.5, 0.6) is 5.75 Å². The van der Waals surface area contributed by atoms with Crippen molar-refractivity contribution in [2.24, 2.45) is 0 Å². The first-order valence-electron chi connectivity index (χ1n) is 12.2. The fourth-order valence-electron chi connectivity index (χ4n) is 4.18. The maximum atomic E-state index is 12.7. The van der Waals surface area contributed by atoms with E-state index in [0.717, 1.165) is 53.3 Å². The number of likely N-dealkylation sites (tertiary alicyclic amines) is 1. The Bertz CT molecular complexity index is 1260. The molecule has 8 heteroatoms. The molecule has 7 nitrogen and oxygen atoms in total. The topological polar surface area (TPSA) is 72.3 Å². The summed E-state index contributed by atoms with van der Waals surface area (Å²) in [5, 5.41) is 12.6. The largest absolute Gasteiger partial charge is 0.489 e. The number of amides is 1. The summed E-state index contributed by atoms with van der Waals surface area (Å²) in [6, 6.07) is 27.5. The van der Waals surface area contributed by atoms with Gasteiger partial charge in [0.2, 0.25) is 5.91 Å². The molecule has 5 rings (SSSR count). The van der Waals surface area contributed by atoms with E-state index in [-0.39, 0.29) is 11.7 Å². The first-order chi connectivity index (χ1) is 17.7. The zero-order chi connectivity index (χ0) is 24.6. The second kappa shape index (κ2) is 11.9. The van der Waals surface area contributed by atoms with Crippen LogP contribution in [-0.4, -0.2) is 44.4 Å². The SMILES string of the molecule is O=C(CSc1nnc(CN2CCCC2)n1-c1ccccc1)Nc1ccc(OCc2ccccc2)cc1. The minimum Gasteiger partial charge on any atom is -0.489 e. The first kappa shape index (κ1) is 24.1. The molecule has 1 N–H and O–H groups in total. The van der Waals surface area contributed by atoms with E-state index in [1.807, 2.05) is 84.9 Å². The van der Waals surface area contributed by atoms with Crippen molar-refractivity contribution in [2.45, 2.75) is 31.1 Å². The summed E-state index contributed by atoms with van der Waals surface area (Å²) in [5.41, 5.74) is 2.84. The highest BCUT2D eigenvalue weighted by Crippen LogP contribution is 2.24. The van der Waals surface area contributed by atoms with E-state index < -0.39 is 0 Å². The van der Waals surface area contributed by atoms with Crippen molar-refractivity contribution in [3.8, 4) is 11.4 Å². The van der Waals surface area contributed by atoms with Crippen molar-refractivity contribution in [1.29, 1.82) is 0 Å². The van der Waals surface area contributed by atoms with E-state index in [0.29, 0.717) is 6.61 Å². The Hall–Kier alpha value is -3.62. The number of para-hydroxylation sites is 1. The summed E-state index contributed by atoms with van der Waals surface area (Å²) in [6.45, 7) is 3.43. The second-order valence-electron chi connectivity index (χ2n) is 8.69. The number of benzene rings is 3. The molecule has 4 aromatic rings. The molecule has 1 aromatic heterocycles. The highest BCUT2D eigenvalue weighted by molar-refractivity contribution is 7.99. The van der Waals surface area contributed by atoms with Crippen molar-refractivity contribution in [2.75, 3.05) is 24.2 Å². The Balaban J connectivity index is 1.18. The quantitative estimate of drug-likeness (QED) is 0.304. The summed E-state index contributed by atoms with van der Waals surface area (Å²) in [7, 11) is 0. The van der Waals surface area contributed by atoms with Gasteiger partial charge in [-0.3, -0.25) is 14.3 Å². The van der Waals surface area contributed by atoms with Gasteiger partial charge in [0.15, 0.2) is 11.0 Å². The Morgan fingerprint density at radius 2 is 1.58 bits per heavy atom. The zero-order valence-electron chi connectivity index (χ0n) is 20.0. The van der Waals surface area contributed by atoms with Crippen LogP contribution in [-0.2, 0) is 17.9 Å². The lowest BCUT2D eigenvalue weighted by Gasteiger charge is -2.16. The lowest BCUT2D eigenvalue weighted by molar-refractivity contribution is -0.113. The number of thioether (sulfide) groups is 1. The number of aromatic nitrogens is 3. The number of nitrogens with one attached hydrogen (secondary N) is 1. The molecule has 2 heterocycles. The van der Waals surface area contributed by atoms with Crippen LogP contribution in [0, 0.1) is 0 Å². The van der Waals surface area contributed by atoms with Crippen LogP contribution >= 0.6 is 11.8 Å². The molecule has 36 heavy (non-hydrogen) atoms. The van der Waals surface area contributed by atoms with Crippen molar-refractivity contribution in [1.82, 2.24) is 19.7 Å². The molecule has 0 atom stereocenters. The first-order valence-corrected chi connectivity index (χ1v) is 13.1. The van der Waals surface area contributed by atoms with Gasteiger partial charge in [0.05, 0.1) is 12.3 Å². The van der Waals surface area contributed by atoms with Gasteiger partial charge in [-0.15, -0.1) is 10.2 Å². The Labute approximate surface area is 215 Å². The van der Waals surface area contributed by atoms with Gasteiger partial charge in [-0.2, -0.15) is 0 Å². The third kappa shape index (κ3) is 6.33. The number of ether oxygens (including phenoxy) is 1. The van der Waals surface area contributed by atoms with E-state index in [1.165, 1.54) is 24.6 Å². The van der Waals surface area contributed by atoms with Crippen LogP contribution in [0.25, 0.3) is 5.69 Å². The van der Waals surface area contributed by atoms with E-state index in [2.05, 4.69) is 25.0 Å². The van der Waals surface area contributed by atoms with Gasteiger partial charge in [-0.25, -0.2) is 0 Å². The van der Waals surface area contributed by atoms with Gasteiger partial charge in [0, 0.05) is 11.4 Å². The summed E-state index contributed by atoms with van der Waals surface area (Å²) < 4.78 is 7.89. The average Bonchev–Trinajstić information content (AvgIpc) is 3.58. The molecule has 1 aliphatic rings. The van der Waals surface area contributed by atoms with E-state index in [9.17, 15) is 4.79 Å². The number of nitrogens with zero attached hydrogens (tertiary/aromatic N) is 4. The number of hydrogen-bond acceptors (Lipinski definition) is 6. The minimum atomic E-state index is -0.0957. The maximum absolute atomic E-state index is 12.7. The number of hydrogen-bond donors (Lipinski definition) is 1. The Kier molecular flexibility index (Phi) is 7.95. The standard InChI is InChI=1S/C28H29N5O2S/c34-27(29-23-13-15-25(16-14-23)35-20-22-9-3-1-4-10-22)21-36-28-31-30-26(19-32-17-7-8-18-32)33(28)24-11-5-2-6-12-24/h1-6,9-16H,7-8,17-21H2,(H,29,34). The maximum Gasteiger partial charge on any atom is 0.234 e. The van der Waals surface area contributed by atoms with Crippen molar-refractivity contribution < 1.29 is 9.53 Å². The highest BCUT2D eigenvalue weighted by atomic mass is 32.2. The molecular weight excluding hydrogens is 470 g/mol. The fraction of sp³-hybridized carbons (Fsp3) is 0.250. The van der Waals surface area contributed by atoms with Gasteiger partial charge < -0.3 is 10.1 Å². The Morgan fingerprint density at radius 1 is 0.889 bits per heavy atom. The number of rotatable bonds is 10. The van der Waals surface area contributed by atoms with E-state index in [1.54, 1.807) is 0 Å². The van der Waals surface area contributed by atoms with Crippen molar-refractivity contribution in [3.05, 3.63) is 96.3 Å². The normalized spacial score (nSPS) is 13.6. The van der Waals surface area contributed by atoms with E-state index in [4.69, 9.17) is 4.74 Å². The Morgan fingerprint density at radius 3 is 2.31 bits per heavy atom. The van der Waals surface area contributed by atoms with Crippen molar-refractivity contribution in [3.63, 3.8) is 0 Å². The summed E-state index contributed by atoms with van der Waals surface area (Å²) >= 11 is 1.39.